The van der Waals surface area contributed by atoms with Crippen LogP contribution in [0.2, 0.25) is 0 Å². The molecule has 3 unspecified atom stereocenters. The lowest BCUT2D eigenvalue weighted by Crippen LogP contribution is -2.63. The molecule has 0 amide bonds. The summed E-state index contributed by atoms with van der Waals surface area (Å²) in [6, 6.07) is 4.83. The predicted octanol–water partition coefficient (Wildman–Crippen LogP) is 3.07. The van der Waals surface area contributed by atoms with E-state index in [1.807, 2.05) is 18.5 Å². The number of aromatic nitrogens is 1. The summed E-state index contributed by atoms with van der Waals surface area (Å²) in [5.41, 5.74) is 1.57. The largest absolute Gasteiger partial charge is 0.311 e. The molecular weight excluding hydrogens is 246 g/mol. The van der Waals surface area contributed by atoms with Crippen molar-refractivity contribution >= 4 is 0 Å². The van der Waals surface area contributed by atoms with Gasteiger partial charge in [-0.3, -0.25) is 9.88 Å². The zero-order valence-electron chi connectivity index (χ0n) is 13.4. The molecule has 1 aliphatic heterocycles. The molecule has 1 aliphatic rings. The van der Waals surface area contributed by atoms with E-state index < -0.39 is 0 Å². The summed E-state index contributed by atoms with van der Waals surface area (Å²) in [5.74, 6) is 0.729. The van der Waals surface area contributed by atoms with Crippen molar-refractivity contribution in [3.05, 3.63) is 30.1 Å². The molecule has 0 saturated carbocycles. The van der Waals surface area contributed by atoms with Crippen LogP contribution in [0.5, 0.6) is 0 Å². The number of hydrogen-bond acceptors (Lipinski definition) is 3. The topological polar surface area (TPSA) is 28.2 Å². The van der Waals surface area contributed by atoms with Gasteiger partial charge < -0.3 is 5.32 Å². The van der Waals surface area contributed by atoms with E-state index >= 15 is 0 Å². The highest BCUT2D eigenvalue weighted by Crippen LogP contribution is 2.27. The number of pyridine rings is 1. The van der Waals surface area contributed by atoms with E-state index in [1.54, 1.807) is 0 Å². The molecule has 0 aliphatic carbocycles. The fourth-order valence-electron chi connectivity index (χ4n) is 2.97. The number of nitrogens with one attached hydrogen (secondary N) is 1. The Morgan fingerprint density at radius 2 is 2.30 bits per heavy atom. The number of nitrogens with zero attached hydrogens (tertiary/aromatic N) is 2. The monoisotopic (exact) mass is 275 g/mol. The molecule has 0 bridgehead atoms. The highest BCUT2D eigenvalue weighted by molar-refractivity contribution is 5.10. The van der Waals surface area contributed by atoms with Gasteiger partial charge in [0.15, 0.2) is 0 Å². The van der Waals surface area contributed by atoms with Crippen LogP contribution in [0.3, 0.4) is 0 Å². The summed E-state index contributed by atoms with van der Waals surface area (Å²) >= 11 is 0. The van der Waals surface area contributed by atoms with Crippen LogP contribution in [0.25, 0.3) is 0 Å². The average Bonchev–Trinajstić information content (AvgIpc) is 2.50. The van der Waals surface area contributed by atoms with Crippen LogP contribution in [-0.2, 0) is 6.54 Å². The molecule has 1 aromatic rings. The second-order valence-corrected chi connectivity index (χ2v) is 6.47. The second-order valence-electron chi connectivity index (χ2n) is 6.47. The molecule has 20 heavy (non-hydrogen) atoms. The molecule has 1 fully saturated rings. The van der Waals surface area contributed by atoms with Gasteiger partial charge >= 0.3 is 0 Å². The first kappa shape index (κ1) is 15.5. The maximum Gasteiger partial charge on any atom is 0.0312 e. The quantitative estimate of drug-likeness (QED) is 0.895. The van der Waals surface area contributed by atoms with E-state index in [0.29, 0.717) is 6.04 Å². The summed E-state index contributed by atoms with van der Waals surface area (Å²) in [6.45, 7) is 12.5. The van der Waals surface area contributed by atoms with Crippen molar-refractivity contribution in [1.29, 1.82) is 0 Å². The highest BCUT2D eigenvalue weighted by atomic mass is 15.3. The number of rotatable bonds is 5. The molecular formula is C17H29N3. The van der Waals surface area contributed by atoms with Crippen LogP contribution in [0.4, 0.5) is 0 Å². The maximum atomic E-state index is 4.25. The Balaban J connectivity index is 2.11. The van der Waals surface area contributed by atoms with Gasteiger partial charge in [-0.1, -0.05) is 33.3 Å². The minimum atomic E-state index is 0.250. The fourth-order valence-corrected chi connectivity index (χ4v) is 2.97. The first-order chi connectivity index (χ1) is 9.59. The van der Waals surface area contributed by atoms with E-state index in [2.05, 4.69) is 49.0 Å². The SMILES string of the molecule is CCC(C)C1CN(Cc2cccnc2)C(C)(CC)CN1. The molecule has 3 atom stereocenters. The number of hydrogen-bond donors (Lipinski definition) is 1. The highest BCUT2D eigenvalue weighted by Gasteiger charge is 2.37. The van der Waals surface area contributed by atoms with Crippen LogP contribution in [0.15, 0.2) is 24.5 Å². The van der Waals surface area contributed by atoms with Gasteiger partial charge in [-0.2, -0.15) is 0 Å². The molecule has 2 rings (SSSR count). The lowest BCUT2D eigenvalue weighted by atomic mass is 9.87. The molecule has 0 aromatic carbocycles. The molecule has 2 heterocycles. The minimum Gasteiger partial charge on any atom is -0.311 e. The molecule has 112 valence electrons. The van der Waals surface area contributed by atoms with Crippen LogP contribution in [0, 0.1) is 5.92 Å². The summed E-state index contributed by atoms with van der Waals surface area (Å²) in [6.07, 6.45) is 6.26. The summed E-state index contributed by atoms with van der Waals surface area (Å²) < 4.78 is 0. The standard InChI is InChI=1S/C17H29N3/c1-5-14(3)16-12-20(17(4,6-2)13-19-16)11-15-8-7-9-18-10-15/h7-10,14,16,19H,5-6,11-13H2,1-4H3. The first-order valence-electron chi connectivity index (χ1n) is 7.96. The van der Waals surface area contributed by atoms with Gasteiger partial charge in [0.25, 0.3) is 0 Å². The Labute approximate surface area is 123 Å². The van der Waals surface area contributed by atoms with Crippen molar-refractivity contribution in [3.63, 3.8) is 0 Å². The zero-order valence-corrected chi connectivity index (χ0v) is 13.4. The van der Waals surface area contributed by atoms with E-state index in [9.17, 15) is 0 Å². The van der Waals surface area contributed by atoms with Gasteiger partial charge in [-0.05, 0) is 30.9 Å². The lowest BCUT2D eigenvalue weighted by Gasteiger charge is -2.49. The first-order valence-corrected chi connectivity index (χ1v) is 7.96. The Kier molecular flexibility index (Phi) is 5.17. The van der Waals surface area contributed by atoms with E-state index in [4.69, 9.17) is 0 Å². The van der Waals surface area contributed by atoms with E-state index in [0.717, 1.165) is 25.6 Å². The molecule has 1 N–H and O–H groups in total. The predicted molar refractivity (Wildman–Crippen MR) is 84.6 cm³/mol. The van der Waals surface area contributed by atoms with Crippen LogP contribution < -0.4 is 5.32 Å². The van der Waals surface area contributed by atoms with Crippen molar-refractivity contribution in [2.75, 3.05) is 13.1 Å². The van der Waals surface area contributed by atoms with E-state index in [-0.39, 0.29) is 5.54 Å². The third-order valence-electron chi connectivity index (χ3n) is 5.11. The van der Waals surface area contributed by atoms with Crippen LogP contribution in [0.1, 0.15) is 46.1 Å². The van der Waals surface area contributed by atoms with E-state index in [1.165, 1.54) is 18.4 Å². The minimum absolute atomic E-state index is 0.250. The Bertz CT molecular complexity index is 406. The molecule has 0 radical (unpaired) electrons. The van der Waals surface area contributed by atoms with Crippen molar-refractivity contribution in [1.82, 2.24) is 15.2 Å². The summed E-state index contributed by atoms with van der Waals surface area (Å²) in [5, 5.41) is 3.77. The van der Waals surface area contributed by atoms with Crippen molar-refractivity contribution < 1.29 is 0 Å². The maximum absolute atomic E-state index is 4.25. The van der Waals surface area contributed by atoms with Crippen molar-refractivity contribution in [2.45, 2.75) is 58.7 Å². The van der Waals surface area contributed by atoms with Crippen LogP contribution >= 0.6 is 0 Å². The molecule has 3 heteroatoms. The molecule has 1 aromatic heterocycles. The molecule has 3 nitrogen and oxygen atoms in total. The van der Waals surface area contributed by atoms with Crippen molar-refractivity contribution in [2.24, 2.45) is 5.92 Å². The van der Waals surface area contributed by atoms with Gasteiger partial charge in [-0.25, -0.2) is 0 Å². The van der Waals surface area contributed by atoms with Crippen LogP contribution in [-0.4, -0.2) is 34.6 Å². The zero-order chi connectivity index (χ0) is 14.6. The Hall–Kier alpha value is -0.930. The molecule has 1 saturated heterocycles. The van der Waals surface area contributed by atoms with Gasteiger partial charge in [0.2, 0.25) is 0 Å². The van der Waals surface area contributed by atoms with Crippen molar-refractivity contribution in [3.8, 4) is 0 Å². The van der Waals surface area contributed by atoms with Gasteiger partial charge in [0, 0.05) is 43.6 Å². The fraction of sp³-hybridized carbons (Fsp3) is 0.706. The Morgan fingerprint density at radius 1 is 1.50 bits per heavy atom. The van der Waals surface area contributed by atoms with Gasteiger partial charge in [0.1, 0.15) is 0 Å². The third kappa shape index (κ3) is 3.39. The summed E-state index contributed by atoms with van der Waals surface area (Å²) in [7, 11) is 0. The normalized spacial score (nSPS) is 29.3. The lowest BCUT2D eigenvalue weighted by molar-refractivity contribution is 0.0293. The average molecular weight is 275 g/mol. The Morgan fingerprint density at radius 3 is 2.90 bits per heavy atom. The summed E-state index contributed by atoms with van der Waals surface area (Å²) in [4.78, 5) is 6.90. The smallest absolute Gasteiger partial charge is 0.0312 e. The molecule has 0 spiro atoms. The van der Waals surface area contributed by atoms with Gasteiger partial charge in [-0.15, -0.1) is 0 Å². The second kappa shape index (κ2) is 6.68. The van der Waals surface area contributed by atoms with Gasteiger partial charge in [0.05, 0.1) is 0 Å². The number of piperazine rings is 1. The third-order valence-corrected chi connectivity index (χ3v) is 5.11.